The van der Waals surface area contributed by atoms with Crippen molar-refractivity contribution in [3.8, 4) is 5.75 Å². The van der Waals surface area contributed by atoms with E-state index in [0.29, 0.717) is 6.67 Å². The van der Waals surface area contributed by atoms with Gasteiger partial charge in [-0.05, 0) is 30.4 Å². The minimum atomic E-state index is -0.371. The van der Waals surface area contributed by atoms with Crippen molar-refractivity contribution in [2.75, 3.05) is 38.2 Å². The number of methoxy groups -OCH3 is 1. The van der Waals surface area contributed by atoms with Gasteiger partial charge in [-0.1, -0.05) is 12.1 Å². The van der Waals surface area contributed by atoms with Gasteiger partial charge >= 0.3 is 0 Å². The average Bonchev–Trinajstić information content (AvgIpc) is 3.03. The van der Waals surface area contributed by atoms with Crippen molar-refractivity contribution in [3.63, 3.8) is 0 Å². The fourth-order valence-corrected chi connectivity index (χ4v) is 4.87. The molecule has 2 heterocycles. The van der Waals surface area contributed by atoms with E-state index < -0.39 is 0 Å². The van der Waals surface area contributed by atoms with Crippen molar-refractivity contribution in [2.45, 2.75) is 6.67 Å². The number of aromatic nitrogens is 1. The number of fused-ring (bicyclic) bond motifs is 1. The van der Waals surface area contributed by atoms with Crippen LogP contribution in [-0.2, 0) is 6.67 Å². The van der Waals surface area contributed by atoms with E-state index in [1.165, 1.54) is 11.3 Å². The molecule has 1 aromatic heterocycles. The molecule has 0 bridgehead atoms. The van der Waals surface area contributed by atoms with E-state index in [-0.39, 0.29) is 10.6 Å². The molecule has 146 valence electrons. The molecule has 7 nitrogen and oxygen atoms in total. The Labute approximate surface area is 171 Å². The number of non-ortho nitro benzene ring substituents is 1. The van der Waals surface area contributed by atoms with E-state index in [1.807, 2.05) is 18.2 Å². The Kier molecular flexibility index (Phi) is 5.29. The second-order valence-corrected chi connectivity index (χ2v) is 8.30. The number of hydrogen-bond acceptors (Lipinski definition) is 7. The molecule has 0 unspecified atom stereocenters. The molecule has 4 rings (SSSR count). The maximum atomic E-state index is 11.0. The number of nitrogens with zero attached hydrogens (tertiary/aromatic N) is 4. The van der Waals surface area contributed by atoms with E-state index in [0.717, 1.165) is 51.8 Å². The molecule has 0 radical (unpaired) electrons. The first-order valence-electron chi connectivity index (χ1n) is 8.95. The van der Waals surface area contributed by atoms with E-state index in [9.17, 15) is 10.1 Å². The highest BCUT2D eigenvalue weighted by Crippen LogP contribution is 2.30. The molecule has 0 spiro atoms. The third-order valence-electron chi connectivity index (χ3n) is 5.00. The number of benzene rings is 2. The van der Waals surface area contributed by atoms with Gasteiger partial charge in [-0.25, -0.2) is 0 Å². The van der Waals surface area contributed by atoms with Gasteiger partial charge in [0.1, 0.15) is 5.75 Å². The molecule has 3 aromatic rings. The summed E-state index contributed by atoms with van der Waals surface area (Å²) >= 11 is 6.94. The number of hydrogen-bond donors (Lipinski definition) is 0. The Morgan fingerprint density at radius 2 is 1.93 bits per heavy atom. The summed E-state index contributed by atoms with van der Waals surface area (Å²) in [6.45, 7) is 4.31. The van der Waals surface area contributed by atoms with Crippen molar-refractivity contribution < 1.29 is 9.66 Å². The topological polar surface area (TPSA) is 63.8 Å². The number of piperazine rings is 1. The lowest BCUT2D eigenvalue weighted by atomic mass is 10.2. The predicted molar refractivity (Wildman–Crippen MR) is 114 cm³/mol. The summed E-state index contributed by atoms with van der Waals surface area (Å²) in [5, 5.41) is 11.0. The van der Waals surface area contributed by atoms with Gasteiger partial charge < -0.3 is 14.2 Å². The van der Waals surface area contributed by atoms with Crippen molar-refractivity contribution >= 4 is 45.1 Å². The number of thiazole rings is 1. The number of anilines is 1. The summed E-state index contributed by atoms with van der Waals surface area (Å²) in [5.41, 5.74) is 2.17. The number of ether oxygens (including phenoxy) is 1. The van der Waals surface area contributed by atoms with Crippen molar-refractivity contribution in [1.29, 1.82) is 0 Å². The summed E-state index contributed by atoms with van der Waals surface area (Å²) in [5.74, 6) is 0.892. The van der Waals surface area contributed by atoms with E-state index in [4.69, 9.17) is 17.0 Å². The molecule has 0 atom stereocenters. The fourth-order valence-electron chi connectivity index (χ4n) is 3.52. The van der Waals surface area contributed by atoms with Crippen LogP contribution in [0.3, 0.4) is 0 Å². The first-order valence-corrected chi connectivity index (χ1v) is 10.2. The highest BCUT2D eigenvalue weighted by Gasteiger charge is 2.21. The minimum Gasteiger partial charge on any atom is -0.495 e. The highest BCUT2D eigenvalue weighted by molar-refractivity contribution is 7.73. The maximum Gasteiger partial charge on any atom is 0.270 e. The molecular weight excluding hydrogens is 396 g/mol. The zero-order valence-electron chi connectivity index (χ0n) is 15.4. The standard InChI is InChI=1S/C19H20N4O3S2/c1-26-17-5-3-2-4-15(17)21-10-8-20(9-11-21)13-22-16-7-6-14(23(24)25)12-18(16)28-19(22)27/h2-7,12H,8-11,13H2,1H3. The van der Waals surface area contributed by atoms with Crippen LogP contribution in [0.4, 0.5) is 11.4 Å². The summed E-state index contributed by atoms with van der Waals surface area (Å²) in [6.07, 6.45) is 0. The van der Waals surface area contributed by atoms with Crippen LogP contribution in [0.5, 0.6) is 5.75 Å². The fraction of sp³-hybridized carbons (Fsp3) is 0.316. The summed E-state index contributed by atoms with van der Waals surface area (Å²) < 4.78 is 9.14. The van der Waals surface area contributed by atoms with Gasteiger partial charge in [0.15, 0.2) is 3.95 Å². The molecule has 0 amide bonds. The minimum absolute atomic E-state index is 0.0984. The maximum absolute atomic E-state index is 11.0. The molecular formula is C19H20N4O3S2. The van der Waals surface area contributed by atoms with Crippen LogP contribution in [0.15, 0.2) is 42.5 Å². The summed E-state index contributed by atoms with van der Waals surface area (Å²) in [4.78, 5) is 15.3. The van der Waals surface area contributed by atoms with Gasteiger partial charge in [0, 0.05) is 38.3 Å². The third-order valence-corrected chi connectivity index (χ3v) is 6.41. The van der Waals surface area contributed by atoms with Gasteiger partial charge in [0.25, 0.3) is 5.69 Å². The summed E-state index contributed by atoms with van der Waals surface area (Å²) in [7, 11) is 1.70. The van der Waals surface area contributed by atoms with Crippen LogP contribution in [-0.4, -0.2) is 47.7 Å². The second kappa shape index (κ2) is 7.86. The SMILES string of the molecule is COc1ccccc1N1CCN(Cn2c(=S)sc3cc([N+](=O)[O-])ccc32)CC1. The smallest absolute Gasteiger partial charge is 0.270 e. The molecule has 2 aromatic carbocycles. The van der Waals surface area contributed by atoms with E-state index in [1.54, 1.807) is 25.3 Å². The summed E-state index contributed by atoms with van der Waals surface area (Å²) in [6, 6.07) is 13.0. The molecule has 1 aliphatic heterocycles. The van der Waals surface area contributed by atoms with Gasteiger partial charge in [-0.2, -0.15) is 0 Å². The number of rotatable bonds is 5. The lowest BCUT2D eigenvalue weighted by molar-refractivity contribution is -0.384. The van der Waals surface area contributed by atoms with Gasteiger partial charge in [0.2, 0.25) is 0 Å². The molecule has 0 N–H and O–H groups in total. The Morgan fingerprint density at radius 3 is 2.64 bits per heavy atom. The lowest BCUT2D eigenvalue weighted by Gasteiger charge is -2.36. The van der Waals surface area contributed by atoms with Gasteiger partial charge in [-0.15, -0.1) is 11.3 Å². The largest absolute Gasteiger partial charge is 0.495 e. The molecule has 28 heavy (non-hydrogen) atoms. The van der Waals surface area contributed by atoms with Crippen molar-refractivity contribution in [1.82, 2.24) is 9.47 Å². The Morgan fingerprint density at radius 1 is 1.18 bits per heavy atom. The Bertz CT molecular complexity index is 1070. The van der Waals surface area contributed by atoms with Crippen LogP contribution >= 0.6 is 23.6 Å². The molecule has 9 heteroatoms. The van der Waals surface area contributed by atoms with Crippen molar-refractivity contribution in [2.24, 2.45) is 0 Å². The van der Waals surface area contributed by atoms with Crippen LogP contribution in [0.25, 0.3) is 10.2 Å². The zero-order valence-corrected chi connectivity index (χ0v) is 17.0. The van der Waals surface area contributed by atoms with Crippen LogP contribution < -0.4 is 9.64 Å². The highest BCUT2D eigenvalue weighted by atomic mass is 32.1. The van der Waals surface area contributed by atoms with Crippen LogP contribution in [0.1, 0.15) is 0 Å². The lowest BCUT2D eigenvalue weighted by Crippen LogP contribution is -2.46. The van der Waals surface area contributed by atoms with Crippen LogP contribution in [0.2, 0.25) is 0 Å². The quantitative estimate of drug-likeness (QED) is 0.354. The van der Waals surface area contributed by atoms with E-state index >= 15 is 0 Å². The Balaban J connectivity index is 1.49. The van der Waals surface area contributed by atoms with Crippen molar-refractivity contribution in [3.05, 3.63) is 56.5 Å². The second-order valence-electron chi connectivity index (χ2n) is 6.62. The number of nitro groups is 1. The molecule has 1 fully saturated rings. The monoisotopic (exact) mass is 416 g/mol. The van der Waals surface area contributed by atoms with Gasteiger partial charge in [0.05, 0.1) is 34.6 Å². The predicted octanol–water partition coefficient (Wildman–Crippen LogP) is 4.13. The third kappa shape index (κ3) is 3.60. The molecule has 0 aliphatic carbocycles. The number of nitro benzene ring substituents is 1. The normalized spacial score (nSPS) is 15.1. The van der Waals surface area contributed by atoms with Crippen LogP contribution in [0, 0.1) is 14.1 Å². The van der Waals surface area contributed by atoms with Gasteiger partial charge in [-0.3, -0.25) is 15.0 Å². The average molecular weight is 417 g/mol. The Hall–Kier alpha value is -2.49. The first-order chi connectivity index (χ1) is 13.6. The zero-order chi connectivity index (χ0) is 19.7. The first kappa shape index (κ1) is 18.9. The number of para-hydroxylation sites is 2. The van der Waals surface area contributed by atoms with E-state index in [2.05, 4.69) is 20.4 Å². The molecule has 0 saturated carbocycles. The molecule has 1 aliphatic rings. The molecule has 1 saturated heterocycles.